The number of methoxy groups -OCH3 is 1. The number of hydroxylamine groups is 1. The molecule has 1 amide bonds. The van der Waals surface area contributed by atoms with E-state index in [-0.39, 0.29) is 27.8 Å². The summed E-state index contributed by atoms with van der Waals surface area (Å²) in [5.41, 5.74) is 4.02. The monoisotopic (exact) mass is 551 g/mol. The number of aryl methyl sites for hydroxylation is 1. The van der Waals surface area contributed by atoms with Gasteiger partial charge in [-0.2, -0.15) is 0 Å². The van der Waals surface area contributed by atoms with Crippen LogP contribution in [0.1, 0.15) is 38.1 Å². The molecule has 38 heavy (non-hydrogen) atoms. The van der Waals surface area contributed by atoms with Gasteiger partial charge < -0.3 is 10.1 Å². The number of aromatic nitrogens is 1. The third-order valence-electron chi connectivity index (χ3n) is 5.85. The van der Waals surface area contributed by atoms with Crippen molar-refractivity contribution in [1.29, 1.82) is 0 Å². The molecule has 196 valence electrons. The molecule has 2 aromatic heterocycles. The van der Waals surface area contributed by atoms with Crippen LogP contribution < -0.4 is 15.5 Å². The molecule has 9 nitrogen and oxygen atoms in total. The molecule has 4 aromatic rings. The normalized spacial score (nSPS) is 11.2. The summed E-state index contributed by atoms with van der Waals surface area (Å²) in [5.74, 6) is -0.264. The van der Waals surface area contributed by atoms with Gasteiger partial charge in [-0.15, -0.1) is 11.3 Å². The van der Waals surface area contributed by atoms with Gasteiger partial charge in [0.15, 0.2) is 10.8 Å². The first-order chi connectivity index (χ1) is 18.1. The fraction of sp³-hybridized carbons (Fsp3) is 0.148. The van der Waals surface area contributed by atoms with Crippen molar-refractivity contribution >= 4 is 38.6 Å². The lowest BCUT2D eigenvalue weighted by molar-refractivity contribution is 0.0707. The smallest absolute Gasteiger partial charge is 0.276 e. The summed E-state index contributed by atoms with van der Waals surface area (Å²) in [5, 5.41) is 12.4. The van der Waals surface area contributed by atoms with Crippen molar-refractivity contribution in [2.75, 3.05) is 12.4 Å². The van der Waals surface area contributed by atoms with Gasteiger partial charge in [-0.3, -0.25) is 14.8 Å². The molecule has 0 spiro atoms. The molecular formula is C27H25N3O6S2. The van der Waals surface area contributed by atoms with Gasteiger partial charge in [-0.05, 0) is 79.6 Å². The Hall–Kier alpha value is -4.06. The van der Waals surface area contributed by atoms with Crippen LogP contribution in [0.2, 0.25) is 0 Å². The van der Waals surface area contributed by atoms with Gasteiger partial charge in [-0.1, -0.05) is 6.07 Å². The minimum Gasteiger partial charge on any atom is -0.497 e. The van der Waals surface area contributed by atoms with E-state index in [1.54, 1.807) is 54.9 Å². The summed E-state index contributed by atoms with van der Waals surface area (Å²) in [6.45, 7) is 3.32. The largest absolute Gasteiger partial charge is 0.497 e. The van der Waals surface area contributed by atoms with E-state index in [0.717, 1.165) is 4.88 Å². The number of rotatable bonds is 9. The van der Waals surface area contributed by atoms with Crippen LogP contribution in [0.3, 0.4) is 0 Å². The maximum absolute atomic E-state index is 13.4. The van der Waals surface area contributed by atoms with Gasteiger partial charge in [0.05, 0.1) is 28.1 Å². The number of carbonyl (C=O) groups is 2. The highest BCUT2D eigenvalue weighted by atomic mass is 32.2. The molecule has 0 aliphatic heterocycles. The van der Waals surface area contributed by atoms with Crippen LogP contribution >= 0.6 is 11.3 Å². The van der Waals surface area contributed by atoms with E-state index in [0.29, 0.717) is 33.0 Å². The molecule has 0 bridgehead atoms. The van der Waals surface area contributed by atoms with Crippen molar-refractivity contribution in [3.8, 4) is 16.2 Å². The molecule has 0 aliphatic rings. The Bertz CT molecular complexity index is 1610. The lowest BCUT2D eigenvalue weighted by Crippen LogP contribution is -2.21. The number of amides is 1. The van der Waals surface area contributed by atoms with E-state index in [4.69, 9.17) is 4.74 Å². The van der Waals surface area contributed by atoms with Crippen molar-refractivity contribution in [3.63, 3.8) is 0 Å². The molecular weight excluding hydrogens is 526 g/mol. The van der Waals surface area contributed by atoms with Crippen LogP contribution in [0.5, 0.6) is 5.75 Å². The number of ether oxygens (including phenoxy) is 1. The second-order valence-electron chi connectivity index (χ2n) is 8.38. The number of hydrogen-bond donors (Lipinski definition) is 3. The number of sulfone groups is 1. The molecule has 3 N–H and O–H groups in total. The predicted octanol–water partition coefficient (Wildman–Crippen LogP) is 4.89. The Morgan fingerprint density at radius 2 is 1.82 bits per heavy atom. The summed E-state index contributed by atoms with van der Waals surface area (Å²) in [4.78, 5) is 29.9. The van der Waals surface area contributed by atoms with Crippen molar-refractivity contribution in [2.24, 2.45) is 0 Å². The van der Waals surface area contributed by atoms with Crippen LogP contribution in [0.25, 0.3) is 10.4 Å². The average molecular weight is 552 g/mol. The molecule has 4 rings (SSSR count). The first-order valence-corrected chi connectivity index (χ1v) is 13.7. The Kier molecular flexibility index (Phi) is 7.91. The average Bonchev–Trinajstić information content (AvgIpc) is 3.43. The van der Waals surface area contributed by atoms with Gasteiger partial charge in [0.1, 0.15) is 5.75 Å². The Morgan fingerprint density at radius 1 is 1.08 bits per heavy atom. The standard InChI is InChI=1S/C27H25N3O6S2/c1-16-13-19(24-11-10-23(37-24)17(2)31)14-22(26(32)30-33)25(16)29-15-18-5-4-12-28-27(18)38(34,35)21-8-6-20(36-3)7-9-21/h4-14,29,33H,15H2,1-3H3,(H,30,32). The first-order valence-electron chi connectivity index (χ1n) is 11.4. The lowest BCUT2D eigenvalue weighted by Gasteiger charge is -2.17. The maximum atomic E-state index is 13.4. The van der Waals surface area contributed by atoms with Crippen molar-refractivity contribution in [2.45, 2.75) is 30.3 Å². The third kappa shape index (κ3) is 5.44. The number of hydrogen-bond acceptors (Lipinski definition) is 9. The number of anilines is 1. The van der Waals surface area contributed by atoms with Gasteiger partial charge in [0.25, 0.3) is 5.91 Å². The van der Waals surface area contributed by atoms with Crippen LogP contribution in [0.4, 0.5) is 5.69 Å². The molecule has 0 saturated carbocycles. The van der Waals surface area contributed by atoms with E-state index < -0.39 is 15.7 Å². The second kappa shape index (κ2) is 11.1. The minimum absolute atomic E-state index is 0.0396. The topological polar surface area (TPSA) is 135 Å². The second-order valence-corrected chi connectivity index (χ2v) is 11.3. The van der Waals surface area contributed by atoms with E-state index in [9.17, 15) is 23.2 Å². The number of benzene rings is 2. The number of thiophene rings is 1. The molecule has 2 aromatic carbocycles. The van der Waals surface area contributed by atoms with E-state index in [2.05, 4.69) is 10.3 Å². The highest BCUT2D eigenvalue weighted by Gasteiger charge is 2.24. The third-order valence-corrected chi connectivity index (χ3v) is 8.85. The van der Waals surface area contributed by atoms with E-state index >= 15 is 0 Å². The maximum Gasteiger partial charge on any atom is 0.276 e. The predicted molar refractivity (Wildman–Crippen MR) is 144 cm³/mol. The zero-order chi connectivity index (χ0) is 27.4. The van der Waals surface area contributed by atoms with Crippen LogP contribution in [0.15, 0.2) is 76.8 Å². The lowest BCUT2D eigenvalue weighted by atomic mass is 10.0. The number of Topliss-reactive ketones (excluding diaryl/α,β-unsaturated/α-hetero) is 1. The van der Waals surface area contributed by atoms with Crippen molar-refractivity contribution in [1.82, 2.24) is 10.5 Å². The number of nitrogens with zero attached hydrogens (tertiary/aromatic N) is 1. The summed E-state index contributed by atoms with van der Waals surface area (Å²) < 4.78 is 31.8. The molecule has 11 heteroatoms. The zero-order valence-electron chi connectivity index (χ0n) is 20.8. The SMILES string of the molecule is COc1ccc(S(=O)(=O)c2ncccc2CNc2c(C)cc(-c3ccc(C(C)=O)s3)cc2C(=O)NO)cc1. The number of carbonyl (C=O) groups excluding carboxylic acids is 2. The summed E-state index contributed by atoms with van der Waals surface area (Å²) in [7, 11) is -2.44. The van der Waals surface area contributed by atoms with E-state index in [1.165, 1.54) is 43.7 Å². The first kappa shape index (κ1) is 27.0. The molecule has 0 atom stereocenters. The van der Waals surface area contributed by atoms with Gasteiger partial charge >= 0.3 is 0 Å². The van der Waals surface area contributed by atoms with Gasteiger partial charge in [0, 0.05) is 23.2 Å². The molecule has 0 radical (unpaired) electrons. The molecule has 0 saturated heterocycles. The number of ketones is 1. The zero-order valence-corrected chi connectivity index (χ0v) is 22.4. The summed E-state index contributed by atoms with van der Waals surface area (Å²) >= 11 is 1.30. The fourth-order valence-electron chi connectivity index (χ4n) is 3.94. The highest BCUT2D eigenvalue weighted by molar-refractivity contribution is 7.91. The number of pyridine rings is 1. The van der Waals surface area contributed by atoms with Crippen LogP contribution in [-0.2, 0) is 16.4 Å². The Labute approximate surface area is 224 Å². The highest BCUT2D eigenvalue weighted by Crippen LogP contribution is 2.34. The molecule has 0 aliphatic carbocycles. The molecule has 0 unspecified atom stereocenters. The fourth-order valence-corrected chi connectivity index (χ4v) is 6.23. The minimum atomic E-state index is -3.94. The quantitative estimate of drug-likeness (QED) is 0.152. The van der Waals surface area contributed by atoms with Crippen LogP contribution in [-0.4, -0.2) is 37.4 Å². The number of nitrogens with one attached hydrogen (secondary N) is 2. The molecule has 2 heterocycles. The Morgan fingerprint density at radius 3 is 2.45 bits per heavy atom. The summed E-state index contributed by atoms with van der Waals surface area (Å²) in [6.07, 6.45) is 1.40. The summed E-state index contributed by atoms with van der Waals surface area (Å²) in [6, 6.07) is 16.3. The molecule has 0 fully saturated rings. The van der Waals surface area contributed by atoms with Crippen molar-refractivity contribution < 1.29 is 28.0 Å². The van der Waals surface area contributed by atoms with E-state index in [1.807, 2.05) is 6.07 Å². The van der Waals surface area contributed by atoms with Crippen LogP contribution in [0, 0.1) is 6.92 Å². The van der Waals surface area contributed by atoms with Crippen molar-refractivity contribution in [3.05, 3.63) is 88.4 Å². The van der Waals surface area contributed by atoms with Gasteiger partial charge in [0.2, 0.25) is 9.84 Å². The van der Waals surface area contributed by atoms with Gasteiger partial charge in [-0.25, -0.2) is 18.9 Å². The Balaban J connectivity index is 1.69.